The van der Waals surface area contributed by atoms with Gasteiger partial charge < -0.3 is 5.32 Å². The van der Waals surface area contributed by atoms with Gasteiger partial charge in [0.15, 0.2) is 0 Å². The molecule has 0 aliphatic heterocycles. The van der Waals surface area contributed by atoms with Crippen molar-refractivity contribution in [2.75, 3.05) is 6.54 Å². The van der Waals surface area contributed by atoms with Crippen LogP contribution in [0.2, 0.25) is 0 Å². The van der Waals surface area contributed by atoms with E-state index in [0.717, 1.165) is 19.6 Å². The second-order valence-electron chi connectivity index (χ2n) is 3.52. The van der Waals surface area contributed by atoms with Gasteiger partial charge in [0.2, 0.25) is 0 Å². The van der Waals surface area contributed by atoms with Crippen LogP contribution in [0.5, 0.6) is 0 Å². The summed E-state index contributed by atoms with van der Waals surface area (Å²) in [7, 11) is 0. The summed E-state index contributed by atoms with van der Waals surface area (Å²) in [4.78, 5) is 0. The van der Waals surface area contributed by atoms with Gasteiger partial charge in [0, 0.05) is 19.3 Å². The molecule has 1 N–H and O–H groups in total. The highest BCUT2D eigenvalue weighted by Crippen LogP contribution is 1.98. The molecule has 0 aliphatic carbocycles. The number of hydrogen-bond acceptors (Lipinski definition) is 2. The minimum atomic E-state index is 0.942. The third-order valence-corrected chi connectivity index (χ3v) is 2.37. The lowest BCUT2D eigenvalue weighted by Crippen LogP contribution is -2.17. The molecule has 0 bridgehead atoms. The van der Waals surface area contributed by atoms with Crippen LogP contribution in [0.3, 0.4) is 0 Å². The Labute approximate surface area is 86.5 Å². The lowest BCUT2D eigenvalue weighted by atomic mass is 10.2. The molecule has 0 spiro atoms. The third kappa shape index (κ3) is 3.50. The highest BCUT2D eigenvalue weighted by molar-refractivity contribution is 4.99. The molecule has 1 aromatic rings. The quantitative estimate of drug-likeness (QED) is 0.676. The highest BCUT2D eigenvalue weighted by atomic mass is 15.3. The Morgan fingerprint density at radius 1 is 1.36 bits per heavy atom. The second kappa shape index (κ2) is 6.60. The molecule has 1 rings (SSSR count). The fraction of sp³-hybridized carbons (Fsp3) is 0.727. The van der Waals surface area contributed by atoms with Crippen LogP contribution in [-0.2, 0) is 13.1 Å². The number of aromatic nitrogens is 2. The molecular weight excluding hydrogens is 174 g/mol. The van der Waals surface area contributed by atoms with E-state index in [1.54, 1.807) is 0 Å². The van der Waals surface area contributed by atoms with E-state index in [1.807, 2.05) is 10.9 Å². The van der Waals surface area contributed by atoms with E-state index in [1.165, 1.54) is 25.0 Å². The molecule has 0 radical (unpaired) electrons. The number of hydrogen-bond donors (Lipinski definition) is 1. The number of nitrogens with one attached hydrogen (secondary N) is 1. The highest BCUT2D eigenvalue weighted by Gasteiger charge is 1.98. The maximum Gasteiger partial charge on any atom is 0.0521 e. The summed E-state index contributed by atoms with van der Waals surface area (Å²) in [5, 5.41) is 7.66. The fourth-order valence-corrected chi connectivity index (χ4v) is 1.51. The molecule has 0 saturated heterocycles. The van der Waals surface area contributed by atoms with Crippen molar-refractivity contribution in [1.82, 2.24) is 15.1 Å². The Balaban J connectivity index is 2.17. The first kappa shape index (κ1) is 11.2. The van der Waals surface area contributed by atoms with Crippen molar-refractivity contribution >= 4 is 0 Å². The molecule has 0 atom stereocenters. The van der Waals surface area contributed by atoms with E-state index in [-0.39, 0.29) is 0 Å². The number of nitrogens with zero attached hydrogens (tertiary/aromatic N) is 2. The second-order valence-corrected chi connectivity index (χ2v) is 3.52. The van der Waals surface area contributed by atoms with Crippen LogP contribution in [0.25, 0.3) is 0 Å². The van der Waals surface area contributed by atoms with Gasteiger partial charge in [-0.2, -0.15) is 5.10 Å². The molecule has 0 aromatic carbocycles. The summed E-state index contributed by atoms with van der Waals surface area (Å²) in [6.07, 6.45) is 5.75. The summed E-state index contributed by atoms with van der Waals surface area (Å²) in [6, 6.07) is 2.08. The van der Waals surface area contributed by atoms with Gasteiger partial charge in [-0.3, -0.25) is 4.68 Å². The van der Waals surface area contributed by atoms with Crippen molar-refractivity contribution < 1.29 is 0 Å². The Hall–Kier alpha value is -0.830. The van der Waals surface area contributed by atoms with E-state index in [4.69, 9.17) is 0 Å². The number of aryl methyl sites for hydroxylation is 1. The SMILES string of the molecule is CCCCCNCc1ccnn1CC. The molecule has 0 saturated carbocycles. The zero-order chi connectivity index (χ0) is 10.2. The topological polar surface area (TPSA) is 29.9 Å². The van der Waals surface area contributed by atoms with E-state index < -0.39 is 0 Å². The average Bonchev–Trinajstić information content (AvgIpc) is 2.65. The zero-order valence-electron chi connectivity index (χ0n) is 9.29. The molecule has 0 unspecified atom stereocenters. The van der Waals surface area contributed by atoms with Crippen LogP contribution < -0.4 is 5.32 Å². The predicted octanol–water partition coefficient (Wildman–Crippen LogP) is 2.18. The number of rotatable bonds is 7. The van der Waals surface area contributed by atoms with Gasteiger partial charge in [-0.1, -0.05) is 19.8 Å². The van der Waals surface area contributed by atoms with Crippen LogP contribution in [0, 0.1) is 0 Å². The van der Waals surface area contributed by atoms with Crippen LogP contribution in [0.1, 0.15) is 38.8 Å². The van der Waals surface area contributed by atoms with Crippen molar-refractivity contribution in [3.63, 3.8) is 0 Å². The van der Waals surface area contributed by atoms with Gasteiger partial charge in [-0.25, -0.2) is 0 Å². The molecule has 0 fully saturated rings. The van der Waals surface area contributed by atoms with Crippen LogP contribution in [0.4, 0.5) is 0 Å². The van der Waals surface area contributed by atoms with E-state index in [9.17, 15) is 0 Å². The van der Waals surface area contributed by atoms with Gasteiger partial charge in [0.05, 0.1) is 5.69 Å². The summed E-state index contributed by atoms with van der Waals surface area (Å²) in [5.41, 5.74) is 1.28. The largest absolute Gasteiger partial charge is 0.311 e. The van der Waals surface area contributed by atoms with Gasteiger partial charge in [-0.05, 0) is 26.0 Å². The van der Waals surface area contributed by atoms with Gasteiger partial charge in [0.25, 0.3) is 0 Å². The third-order valence-electron chi connectivity index (χ3n) is 2.37. The van der Waals surface area contributed by atoms with E-state index in [2.05, 4.69) is 30.3 Å². The standard InChI is InChI=1S/C11H21N3/c1-3-5-6-8-12-10-11-7-9-13-14(11)4-2/h7,9,12H,3-6,8,10H2,1-2H3. The molecular formula is C11H21N3. The van der Waals surface area contributed by atoms with Crippen molar-refractivity contribution in [3.05, 3.63) is 18.0 Å². The molecule has 1 heterocycles. The maximum absolute atomic E-state index is 4.23. The summed E-state index contributed by atoms with van der Waals surface area (Å²) < 4.78 is 2.03. The summed E-state index contributed by atoms with van der Waals surface area (Å²) >= 11 is 0. The summed E-state index contributed by atoms with van der Waals surface area (Å²) in [5.74, 6) is 0. The fourth-order valence-electron chi connectivity index (χ4n) is 1.51. The lowest BCUT2D eigenvalue weighted by Gasteiger charge is -2.06. The molecule has 14 heavy (non-hydrogen) atoms. The molecule has 3 heteroatoms. The zero-order valence-corrected chi connectivity index (χ0v) is 9.29. The molecule has 3 nitrogen and oxygen atoms in total. The maximum atomic E-state index is 4.23. The first-order chi connectivity index (χ1) is 6.88. The van der Waals surface area contributed by atoms with Gasteiger partial charge >= 0.3 is 0 Å². The predicted molar refractivity (Wildman–Crippen MR) is 59.1 cm³/mol. The Kier molecular flexibility index (Phi) is 5.30. The van der Waals surface area contributed by atoms with Crippen molar-refractivity contribution in [1.29, 1.82) is 0 Å². The monoisotopic (exact) mass is 195 g/mol. The number of unbranched alkanes of at least 4 members (excludes halogenated alkanes) is 2. The average molecular weight is 195 g/mol. The molecule has 0 amide bonds. The minimum absolute atomic E-state index is 0.942. The Morgan fingerprint density at radius 2 is 2.21 bits per heavy atom. The Bertz CT molecular complexity index is 242. The first-order valence-electron chi connectivity index (χ1n) is 5.59. The first-order valence-corrected chi connectivity index (χ1v) is 5.59. The minimum Gasteiger partial charge on any atom is -0.311 e. The van der Waals surface area contributed by atoms with Crippen LogP contribution in [-0.4, -0.2) is 16.3 Å². The molecule has 80 valence electrons. The molecule has 0 aliphatic rings. The van der Waals surface area contributed by atoms with Crippen molar-refractivity contribution in [2.24, 2.45) is 0 Å². The van der Waals surface area contributed by atoms with Gasteiger partial charge in [-0.15, -0.1) is 0 Å². The normalized spacial score (nSPS) is 10.7. The van der Waals surface area contributed by atoms with Crippen LogP contribution >= 0.6 is 0 Å². The summed E-state index contributed by atoms with van der Waals surface area (Å²) in [6.45, 7) is 7.36. The van der Waals surface area contributed by atoms with E-state index >= 15 is 0 Å². The van der Waals surface area contributed by atoms with Crippen molar-refractivity contribution in [2.45, 2.75) is 46.2 Å². The van der Waals surface area contributed by atoms with Crippen LogP contribution in [0.15, 0.2) is 12.3 Å². The van der Waals surface area contributed by atoms with E-state index in [0.29, 0.717) is 0 Å². The lowest BCUT2D eigenvalue weighted by molar-refractivity contribution is 0.564. The molecule has 1 aromatic heterocycles. The smallest absolute Gasteiger partial charge is 0.0521 e. The van der Waals surface area contributed by atoms with Gasteiger partial charge in [0.1, 0.15) is 0 Å². The Morgan fingerprint density at radius 3 is 2.93 bits per heavy atom. The van der Waals surface area contributed by atoms with Crippen molar-refractivity contribution in [3.8, 4) is 0 Å².